The fraction of sp³-hybridized carbons (Fsp3) is 0.138. The van der Waals surface area contributed by atoms with Crippen LogP contribution in [0.15, 0.2) is 67.8 Å². The Morgan fingerprint density at radius 3 is 2.56 bits per heavy atom. The third-order valence-corrected chi connectivity index (χ3v) is 7.00. The Labute approximate surface area is 193 Å². The van der Waals surface area contributed by atoms with Crippen molar-refractivity contribution in [1.29, 1.82) is 0 Å². The summed E-state index contributed by atoms with van der Waals surface area (Å²) in [7, 11) is 0. The fourth-order valence-electron chi connectivity index (χ4n) is 3.87. The Bertz CT molecular complexity index is 1410. The molecule has 32 heavy (non-hydrogen) atoms. The molecule has 0 bridgehead atoms. The zero-order valence-electron chi connectivity index (χ0n) is 18.7. The zero-order chi connectivity index (χ0) is 22.7. The third kappa shape index (κ3) is 4.04. The number of ether oxygens (including phenoxy) is 1. The number of fused-ring (bicyclic) bond motifs is 1. The Morgan fingerprint density at radius 2 is 1.88 bits per heavy atom. The maximum absolute atomic E-state index is 6.26. The first kappa shape index (κ1) is 21.8. The van der Waals surface area contributed by atoms with Gasteiger partial charge in [0.2, 0.25) is 0 Å². The molecule has 0 unspecified atom stereocenters. The molecule has 0 saturated carbocycles. The fourth-order valence-corrected chi connectivity index (χ4v) is 5.01. The van der Waals surface area contributed by atoms with Crippen LogP contribution in [0.5, 0.6) is 5.75 Å². The SMILES string of the molecule is C=C/C=c1/sc(-c2cc(C=C)c3c(OCc4ccccc4)ccc(CC)c3n2)c(C)c1=C. The molecule has 2 aromatic carbocycles. The maximum Gasteiger partial charge on any atom is 0.129 e. The summed E-state index contributed by atoms with van der Waals surface area (Å²) in [5.41, 5.74) is 6.42. The van der Waals surface area contributed by atoms with Crippen LogP contribution in [0.1, 0.15) is 29.2 Å². The van der Waals surface area contributed by atoms with Crippen LogP contribution in [0, 0.1) is 6.92 Å². The molecule has 0 amide bonds. The highest BCUT2D eigenvalue weighted by Gasteiger charge is 2.16. The second-order valence-electron chi connectivity index (χ2n) is 7.68. The van der Waals surface area contributed by atoms with Gasteiger partial charge in [-0.2, -0.15) is 0 Å². The molecular formula is C29H27NOS. The Hall–Kier alpha value is -3.43. The summed E-state index contributed by atoms with van der Waals surface area (Å²) in [6.45, 7) is 16.9. The number of rotatable bonds is 7. The molecule has 0 radical (unpaired) electrons. The number of benzene rings is 2. The van der Waals surface area contributed by atoms with Crippen LogP contribution < -0.4 is 14.5 Å². The van der Waals surface area contributed by atoms with Crippen LogP contribution in [-0.2, 0) is 13.0 Å². The van der Waals surface area contributed by atoms with E-state index in [-0.39, 0.29) is 0 Å². The van der Waals surface area contributed by atoms with Crippen molar-refractivity contribution in [2.45, 2.75) is 26.9 Å². The van der Waals surface area contributed by atoms with E-state index in [9.17, 15) is 0 Å². The van der Waals surface area contributed by atoms with Gasteiger partial charge in [0, 0.05) is 9.92 Å². The average molecular weight is 438 g/mol. The molecule has 160 valence electrons. The van der Waals surface area contributed by atoms with Gasteiger partial charge in [-0.1, -0.05) is 75.2 Å². The molecule has 0 atom stereocenters. The first-order valence-corrected chi connectivity index (χ1v) is 11.6. The first-order chi connectivity index (χ1) is 15.6. The molecule has 0 saturated heterocycles. The number of nitrogens with zero attached hydrogens (tertiary/aromatic N) is 1. The quantitative estimate of drug-likeness (QED) is 0.332. The van der Waals surface area contributed by atoms with Crippen LogP contribution in [0.4, 0.5) is 0 Å². The summed E-state index contributed by atoms with van der Waals surface area (Å²) < 4.78 is 7.38. The molecular weight excluding hydrogens is 410 g/mol. The van der Waals surface area contributed by atoms with Crippen LogP contribution in [0.2, 0.25) is 0 Å². The zero-order valence-corrected chi connectivity index (χ0v) is 19.5. The van der Waals surface area contributed by atoms with Gasteiger partial charge in [0.05, 0.1) is 16.1 Å². The monoisotopic (exact) mass is 437 g/mol. The highest BCUT2D eigenvalue weighted by molar-refractivity contribution is 7.13. The van der Waals surface area contributed by atoms with E-state index in [1.165, 1.54) is 5.56 Å². The van der Waals surface area contributed by atoms with Gasteiger partial charge in [-0.05, 0) is 59.0 Å². The number of hydrogen-bond acceptors (Lipinski definition) is 3. The Kier molecular flexibility index (Phi) is 6.38. The van der Waals surface area contributed by atoms with E-state index >= 15 is 0 Å². The molecule has 0 aliphatic carbocycles. The van der Waals surface area contributed by atoms with Crippen molar-refractivity contribution in [3.63, 3.8) is 0 Å². The molecule has 4 aromatic rings. The lowest BCUT2D eigenvalue weighted by atomic mass is 10.0. The van der Waals surface area contributed by atoms with Gasteiger partial charge in [-0.25, -0.2) is 4.98 Å². The number of pyridine rings is 1. The van der Waals surface area contributed by atoms with E-state index in [1.54, 1.807) is 17.4 Å². The largest absolute Gasteiger partial charge is 0.488 e. The summed E-state index contributed by atoms with van der Waals surface area (Å²) >= 11 is 1.70. The first-order valence-electron chi connectivity index (χ1n) is 10.7. The summed E-state index contributed by atoms with van der Waals surface area (Å²) in [6, 6.07) is 16.5. The van der Waals surface area contributed by atoms with Crippen LogP contribution in [0.25, 0.3) is 40.2 Å². The van der Waals surface area contributed by atoms with Crippen LogP contribution in [0.3, 0.4) is 0 Å². The highest BCUT2D eigenvalue weighted by atomic mass is 32.1. The van der Waals surface area contributed by atoms with E-state index in [1.807, 2.05) is 30.4 Å². The van der Waals surface area contributed by atoms with Crippen molar-refractivity contribution >= 4 is 41.0 Å². The van der Waals surface area contributed by atoms with Gasteiger partial charge in [-0.15, -0.1) is 11.3 Å². The average Bonchev–Trinajstić information content (AvgIpc) is 3.11. The molecule has 0 N–H and O–H groups in total. The predicted octanol–water partition coefficient (Wildman–Crippen LogP) is 6.43. The summed E-state index contributed by atoms with van der Waals surface area (Å²) in [5, 5.41) is 2.04. The second-order valence-corrected chi connectivity index (χ2v) is 8.73. The van der Waals surface area contributed by atoms with Gasteiger partial charge < -0.3 is 4.74 Å². The van der Waals surface area contributed by atoms with Gasteiger partial charge in [0.25, 0.3) is 0 Å². The third-order valence-electron chi connectivity index (χ3n) is 5.68. The lowest BCUT2D eigenvalue weighted by Crippen LogP contribution is -2.17. The molecule has 0 fully saturated rings. The lowest BCUT2D eigenvalue weighted by molar-refractivity contribution is 0.310. The smallest absolute Gasteiger partial charge is 0.129 e. The summed E-state index contributed by atoms with van der Waals surface area (Å²) in [6.07, 6.45) is 6.60. The van der Waals surface area contributed by atoms with E-state index in [4.69, 9.17) is 9.72 Å². The topological polar surface area (TPSA) is 22.1 Å². The van der Waals surface area contributed by atoms with Crippen LogP contribution in [-0.4, -0.2) is 4.98 Å². The minimum Gasteiger partial charge on any atom is -0.488 e. The van der Waals surface area contributed by atoms with E-state index in [2.05, 4.69) is 63.9 Å². The Balaban J connectivity index is 1.90. The Morgan fingerprint density at radius 1 is 1.09 bits per heavy atom. The van der Waals surface area contributed by atoms with E-state index in [0.29, 0.717) is 6.61 Å². The molecule has 4 rings (SSSR count). The number of thiophene rings is 1. The number of aryl methyl sites for hydroxylation is 1. The van der Waals surface area contributed by atoms with Gasteiger partial charge in [0.15, 0.2) is 0 Å². The second kappa shape index (κ2) is 9.37. The van der Waals surface area contributed by atoms with Crippen molar-refractivity contribution < 1.29 is 4.74 Å². The van der Waals surface area contributed by atoms with Gasteiger partial charge >= 0.3 is 0 Å². The summed E-state index contributed by atoms with van der Waals surface area (Å²) in [4.78, 5) is 6.26. The normalized spacial score (nSPS) is 11.6. The molecule has 2 aromatic heterocycles. The maximum atomic E-state index is 6.26. The number of allylic oxidation sites excluding steroid dienone is 1. The van der Waals surface area contributed by atoms with Crippen LogP contribution >= 0.6 is 11.3 Å². The molecule has 2 nitrogen and oxygen atoms in total. The predicted molar refractivity (Wildman–Crippen MR) is 139 cm³/mol. The number of hydrogen-bond donors (Lipinski definition) is 0. The molecule has 2 heterocycles. The van der Waals surface area contributed by atoms with Crippen molar-refractivity contribution in [1.82, 2.24) is 4.98 Å². The highest BCUT2D eigenvalue weighted by Crippen LogP contribution is 2.35. The molecule has 0 spiro atoms. The summed E-state index contributed by atoms with van der Waals surface area (Å²) in [5.74, 6) is 0.830. The van der Waals surface area contributed by atoms with Crippen molar-refractivity contribution in [2.75, 3.05) is 0 Å². The van der Waals surface area contributed by atoms with Gasteiger partial charge in [0.1, 0.15) is 12.4 Å². The number of aromatic nitrogens is 1. The van der Waals surface area contributed by atoms with Gasteiger partial charge in [-0.3, -0.25) is 0 Å². The minimum absolute atomic E-state index is 0.509. The van der Waals surface area contributed by atoms with Crippen molar-refractivity contribution in [3.05, 3.63) is 99.8 Å². The minimum atomic E-state index is 0.509. The van der Waals surface area contributed by atoms with E-state index in [0.717, 1.165) is 60.1 Å². The standard InChI is InChI=1S/C29H27NOS/c1-6-12-26-19(4)20(5)29(32-26)24-17-23(8-3)27-25(16-15-22(7-2)28(27)30-24)31-18-21-13-10-9-11-14-21/h6,8-17H,1,3-4,7,18H2,2,5H3/b26-12+. The molecule has 0 aliphatic rings. The molecule has 3 heteroatoms. The van der Waals surface area contributed by atoms with Crippen molar-refractivity contribution in [3.8, 4) is 16.3 Å². The van der Waals surface area contributed by atoms with Crippen molar-refractivity contribution in [2.24, 2.45) is 0 Å². The lowest BCUT2D eigenvalue weighted by Gasteiger charge is -2.15. The molecule has 0 aliphatic heterocycles. The van der Waals surface area contributed by atoms with E-state index < -0.39 is 0 Å².